The number of rotatable bonds is 9. The van der Waals surface area contributed by atoms with E-state index in [-0.39, 0.29) is 30.9 Å². The van der Waals surface area contributed by atoms with Crippen LogP contribution in [0, 0.1) is 17.3 Å². The number of carboxylic acids is 1. The molecule has 1 aliphatic carbocycles. The van der Waals surface area contributed by atoms with E-state index in [1.54, 1.807) is 42.8 Å². The third kappa shape index (κ3) is 5.60. The Labute approximate surface area is 251 Å². The van der Waals surface area contributed by atoms with E-state index in [2.05, 4.69) is 10.3 Å². The summed E-state index contributed by atoms with van der Waals surface area (Å²) in [4.78, 5) is 43.3. The molecule has 1 aromatic carbocycles. The Hall–Kier alpha value is -3.18. The van der Waals surface area contributed by atoms with Gasteiger partial charge in [0, 0.05) is 50.8 Å². The summed E-state index contributed by atoms with van der Waals surface area (Å²) in [5.41, 5.74) is 1.92. The summed E-state index contributed by atoms with van der Waals surface area (Å²) in [7, 11) is 3.39. The van der Waals surface area contributed by atoms with E-state index in [1.165, 1.54) is 0 Å². The second-order valence-corrected chi connectivity index (χ2v) is 12.6. The van der Waals surface area contributed by atoms with Crippen molar-refractivity contribution in [2.24, 2.45) is 24.3 Å². The number of carboxylic acid groups (broad SMARTS) is 1. The van der Waals surface area contributed by atoms with Gasteiger partial charge >= 0.3 is 5.97 Å². The van der Waals surface area contributed by atoms with E-state index in [0.717, 1.165) is 29.7 Å². The Morgan fingerprint density at radius 2 is 2.02 bits per heavy atom. The van der Waals surface area contributed by atoms with Crippen molar-refractivity contribution >= 4 is 29.4 Å². The molecule has 228 valence electrons. The summed E-state index contributed by atoms with van der Waals surface area (Å²) in [5.74, 6) is -0.971. The van der Waals surface area contributed by atoms with Gasteiger partial charge in [0.1, 0.15) is 18.1 Å². The highest BCUT2D eigenvalue weighted by molar-refractivity contribution is 6.31. The number of hydrogen-bond donors (Lipinski definition) is 1. The first-order chi connectivity index (χ1) is 20.0. The standard InChI is InChI=1S/C30H40ClN5O6/c1-18-13-26(37)35(14-18)15-23-27-19(10-12-36(23)28(38)20-7-5-6-11-30(20,2)29(39)40)21(31)8-9-25(27)42-16-22-24(17-41-4)34(3)33-32-22/h8-9,18,20,23H,5-7,10-17H2,1-4H3,(H,39,40)/t18?,20-,23+,30-/m0/s1. The molecular weight excluding hydrogens is 562 g/mol. The van der Waals surface area contributed by atoms with Crippen LogP contribution in [0.4, 0.5) is 0 Å². The third-order valence-corrected chi connectivity index (χ3v) is 9.67. The molecule has 1 aromatic heterocycles. The first-order valence-corrected chi connectivity index (χ1v) is 15.0. The SMILES string of the molecule is COCc1c(COc2ccc(Cl)c3c2[C@@H](CN2CC(C)CC2=O)N(C(=O)[C@@H]2CCCC[C@]2(C)C(=O)O)CC3)nnn1C. The normalized spacial score (nSPS) is 25.9. The second-order valence-electron chi connectivity index (χ2n) is 12.2. The van der Waals surface area contributed by atoms with Crippen LogP contribution in [0.3, 0.4) is 0 Å². The van der Waals surface area contributed by atoms with Crippen molar-refractivity contribution in [3.63, 3.8) is 0 Å². The van der Waals surface area contributed by atoms with Crippen LogP contribution in [0.15, 0.2) is 12.1 Å². The largest absolute Gasteiger partial charge is 0.487 e. The minimum absolute atomic E-state index is 0.0447. The van der Waals surface area contributed by atoms with Gasteiger partial charge in [-0.25, -0.2) is 4.68 Å². The highest BCUT2D eigenvalue weighted by atomic mass is 35.5. The number of amides is 2. The molecule has 5 rings (SSSR count). The molecule has 3 aliphatic rings. The molecule has 0 bridgehead atoms. The predicted molar refractivity (Wildman–Crippen MR) is 154 cm³/mol. The van der Waals surface area contributed by atoms with Gasteiger partial charge in [0.2, 0.25) is 11.8 Å². The smallest absolute Gasteiger partial charge is 0.310 e. The Kier molecular flexibility index (Phi) is 8.80. The lowest BCUT2D eigenvalue weighted by Gasteiger charge is -2.45. The lowest BCUT2D eigenvalue weighted by atomic mass is 9.66. The molecule has 2 fully saturated rings. The van der Waals surface area contributed by atoms with Crippen molar-refractivity contribution in [2.75, 3.05) is 26.7 Å². The van der Waals surface area contributed by atoms with Crippen molar-refractivity contribution in [1.29, 1.82) is 0 Å². The molecule has 2 aliphatic heterocycles. The number of halogens is 1. The Morgan fingerprint density at radius 1 is 1.24 bits per heavy atom. The van der Waals surface area contributed by atoms with Crippen LogP contribution in [0.1, 0.15) is 74.5 Å². The zero-order chi connectivity index (χ0) is 30.2. The number of likely N-dealkylation sites (tertiary alicyclic amines) is 1. The lowest BCUT2D eigenvalue weighted by Crippen LogP contribution is -2.52. The molecular formula is C30H40ClN5O6. The molecule has 1 N–H and O–H groups in total. The number of methoxy groups -OCH3 is 1. The molecule has 3 heterocycles. The predicted octanol–water partition coefficient (Wildman–Crippen LogP) is 3.77. The van der Waals surface area contributed by atoms with Crippen molar-refractivity contribution in [2.45, 2.75) is 71.6 Å². The maximum Gasteiger partial charge on any atom is 0.310 e. The van der Waals surface area contributed by atoms with Crippen molar-refractivity contribution in [3.8, 4) is 5.75 Å². The molecule has 1 saturated carbocycles. The van der Waals surface area contributed by atoms with Crippen LogP contribution in [-0.4, -0.2) is 74.4 Å². The summed E-state index contributed by atoms with van der Waals surface area (Å²) in [5, 5.41) is 19.1. The number of benzene rings is 1. The van der Waals surface area contributed by atoms with Gasteiger partial charge in [0.05, 0.1) is 29.7 Å². The van der Waals surface area contributed by atoms with Crippen LogP contribution >= 0.6 is 11.6 Å². The summed E-state index contributed by atoms with van der Waals surface area (Å²) in [6, 6.07) is 3.05. The molecule has 1 unspecified atom stereocenters. The topological polar surface area (TPSA) is 127 Å². The molecule has 0 radical (unpaired) electrons. The molecule has 11 nitrogen and oxygen atoms in total. The fourth-order valence-electron chi connectivity index (χ4n) is 6.89. The molecule has 12 heteroatoms. The average Bonchev–Trinajstić information content (AvgIpc) is 3.47. The minimum atomic E-state index is -1.14. The zero-order valence-corrected chi connectivity index (χ0v) is 25.5. The minimum Gasteiger partial charge on any atom is -0.487 e. The number of carbonyl (C=O) groups excluding carboxylic acids is 2. The molecule has 4 atom stereocenters. The molecule has 42 heavy (non-hydrogen) atoms. The van der Waals surface area contributed by atoms with E-state index in [1.807, 2.05) is 11.8 Å². The van der Waals surface area contributed by atoms with Gasteiger partial charge in [0.25, 0.3) is 0 Å². The Balaban J connectivity index is 1.53. The van der Waals surface area contributed by atoms with E-state index < -0.39 is 23.3 Å². The summed E-state index contributed by atoms with van der Waals surface area (Å²) < 4.78 is 13.3. The number of ether oxygens (including phenoxy) is 2. The first kappa shape index (κ1) is 30.3. The lowest BCUT2D eigenvalue weighted by molar-refractivity contribution is -0.162. The van der Waals surface area contributed by atoms with Gasteiger partial charge in [-0.1, -0.05) is 36.6 Å². The fraction of sp³-hybridized carbons (Fsp3) is 0.633. The van der Waals surface area contributed by atoms with E-state index in [4.69, 9.17) is 21.1 Å². The maximum absolute atomic E-state index is 14.4. The van der Waals surface area contributed by atoms with Gasteiger partial charge < -0.3 is 24.4 Å². The van der Waals surface area contributed by atoms with Crippen molar-refractivity contribution in [3.05, 3.63) is 39.7 Å². The average molecular weight is 602 g/mol. The molecule has 2 amide bonds. The molecule has 2 aromatic rings. The second kappa shape index (κ2) is 12.2. The van der Waals surface area contributed by atoms with Crippen LogP contribution < -0.4 is 4.74 Å². The number of nitrogens with zero attached hydrogens (tertiary/aromatic N) is 5. The van der Waals surface area contributed by atoms with Crippen LogP contribution in [-0.2, 0) is 45.8 Å². The van der Waals surface area contributed by atoms with E-state index >= 15 is 0 Å². The van der Waals surface area contributed by atoms with Gasteiger partial charge in [-0.15, -0.1) is 5.10 Å². The Bertz CT molecular complexity index is 1360. The third-order valence-electron chi connectivity index (χ3n) is 9.32. The summed E-state index contributed by atoms with van der Waals surface area (Å²) in [6.07, 6.45) is 3.51. The fourth-order valence-corrected chi connectivity index (χ4v) is 7.15. The molecule has 1 saturated heterocycles. The van der Waals surface area contributed by atoms with Gasteiger partial charge in [-0.05, 0) is 49.8 Å². The van der Waals surface area contributed by atoms with Crippen LogP contribution in [0.2, 0.25) is 5.02 Å². The van der Waals surface area contributed by atoms with Crippen LogP contribution in [0.5, 0.6) is 5.75 Å². The monoisotopic (exact) mass is 601 g/mol. The van der Waals surface area contributed by atoms with Crippen LogP contribution in [0.25, 0.3) is 0 Å². The van der Waals surface area contributed by atoms with Crippen molar-refractivity contribution in [1.82, 2.24) is 24.8 Å². The van der Waals surface area contributed by atoms with E-state index in [0.29, 0.717) is 61.8 Å². The van der Waals surface area contributed by atoms with Gasteiger partial charge in [-0.3, -0.25) is 14.4 Å². The number of aliphatic carboxylic acids is 1. The molecule has 0 spiro atoms. The maximum atomic E-state index is 14.4. The van der Waals surface area contributed by atoms with E-state index in [9.17, 15) is 19.5 Å². The van der Waals surface area contributed by atoms with Crippen molar-refractivity contribution < 1.29 is 29.0 Å². The number of carbonyl (C=O) groups is 3. The van der Waals surface area contributed by atoms with Gasteiger partial charge in [0.15, 0.2) is 0 Å². The number of aromatic nitrogens is 3. The highest BCUT2D eigenvalue weighted by Crippen LogP contribution is 2.46. The number of aryl methyl sites for hydroxylation is 1. The van der Waals surface area contributed by atoms with Gasteiger partial charge in [-0.2, -0.15) is 0 Å². The highest BCUT2D eigenvalue weighted by Gasteiger charge is 2.50. The number of fused-ring (bicyclic) bond motifs is 1. The number of hydrogen-bond acceptors (Lipinski definition) is 7. The Morgan fingerprint density at radius 3 is 2.71 bits per heavy atom. The summed E-state index contributed by atoms with van der Waals surface area (Å²) in [6.45, 7) is 5.45. The quantitative estimate of drug-likeness (QED) is 0.460. The summed E-state index contributed by atoms with van der Waals surface area (Å²) >= 11 is 6.74. The zero-order valence-electron chi connectivity index (χ0n) is 24.8. The first-order valence-electron chi connectivity index (χ1n) is 14.7.